The Hall–Kier alpha value is -0.300. The van der Waals surface area contributed by atoms with Crippen LogP contribution in [0.1, 0.15) is 20.3 Å². The number of hydrogen-bond acceptors (Lipinski definition) is 1. The highest BCUT2D eigenvalue weighted by Crippen LogP contribution is 2.13. The number of rotatable bonds is 0. The molecule has 0 aromatic heterocycles. The van der Waals surface area contributed by atoms with E-state index in [0.717, 1.165) is 0 Å². The minimum atomic E-state index is 0.666. The molecule has 0 saturated carbocycles. The number of nitrogens with zero attached hydrogens (tertiary/aromatic N) is 1. The minimum Gasteiger partial charge on any atom is -0.300 e. The second-order valence-corrected chi connectivity index (χ2v) is 2.89. The third kappa shape index (κ3) is 1.33. The Morgan fingerprint density at radius 1 is 1.67 bits per heavy atom. The lowest BCUT2D eigenvalue weighted by molar-refractivity contribution is 0.278. The highest BCUT2D eigenvalue weighted by atomic mass is 15.1. The van der Waals surface area contributed by atoms with Crippen molar-refractivity contribution in [1.29, 1.82) is 0 Å². The summed E-state index contributed by atoms with van der Waals surface area (Å²) in [4.78, 5) is 2.38. The molecule has 0 amide bonds. The average molecular weight is 125 g/mol. The fraction of sp³-hybridized carbons (Fsp3) is 0.750. The van der Waals surface area contributed by atoms with E-state index in [2.05, 4.69) is 31.9 Å². The van der Waals surface area contributed by atoms with Crippen LogP contribution in [-0.4, -0.2) is 24.5 Å². The van der Waals surface area contributed by atoms with Crippen LogP contribution in [0.25, 0.3) is 0 Å². The lowest BCUT2D eigenvalue weighted by Crippen LogP contribution is -2.33. The molecule has 0 aromatic carbocycles. The van der Waals surface area contributed by atoms with Crippen LogP contribution in [0, 0.1) is 0 Å². The van der Waals surface area contributed by atoms with Crippen LogP contribution in [0.4, 0.5) is 0 Å². The molecular weight excluding hydrogens is 110 g/mol. The SMILES string of the molecule is CC1=CCCN(C)[C@H]1C. The van der Waals surface area contributed by atoms with Gasteiger partial charge in [-0.25, -0.2) is 0 Å². The summed E-state index contributed by atoms with van der Waals surface area (Å²) in [6.07, 6.45) is 3.57. The Kier molecular flexibility index (Phi) is 1.91. The summed E-state index contributed by atoms with van der Waals surface area (Å²) in [6.45, 7) is 5.68. The first-order valence-corrected chi connectivity index (χ1v) is 3.58. The molecule has 1 nitrogen and oxygen atoms in total. The first-order valence-electron chi connectivity index (χ1n) is 3.58. The summed E-state index contributed by atoms with van der Waals surface area (Å²) >= 11 is 0. The summed E-state index contributed by atoms with van der Waals surface area (Å²) in [7, 11) is 2.18. The molecule has 1 atom stereocenters. The summed E-state index contributed by atoms with van der Waals surface area (Å²) in [5.74, 6) is 0. The molecule has 9 heavy (non-hydrogen) atoms. The van der Waals surface area contributed by atoms with Crippen molar-refractivity contribution in [3.8, 4) is 0 Å². The number of hydrogen-bond donors (Lipinski definition) is 0. The molecule has 0 fully saturated rings. The van der Waals surface area contributed by atoms with Gasteiger partial charge in [-0.15, -0.1) is 0 Å². The van der Waals surface area contributed by atoms with E-state index in [1.165, 1.54) is 18.5 Å². The predicted octanol–water partition coefficient (Wildman–Crippen LogP) is 1.66. The van der Waals surface area contributed by atoms with Gasteiger partial charge in [0.05, 0.1) is 0 Å². The van der Waals surface area contributed by atoms with Crippen LogP contribution in [0.15, 0.2) is 11.6 Å². The summed E-state index contributed by atoms with van der Waals surface area (Å²) < 4.78 is 0. The van der Waals surface area contributed by atoms with Crippen molar-refractivity contribution in [2.24, 2.45) is 0 Å². The Balaban J connectivity index is 2.62. The first-order chi connectivity index (χ1) is 4.22. The normalized spacial score (nSPS) is 30.1. The molecule has 0 spiro atoms. The van der Waals surface area contributed by atoms with Crippen LogP contribution in [0.3, 0.4) is 0 Å². The molecule has 0 aromatic rings. The third-order valence-corrected chi connectivity index (χ3v) is 2.27. The smallest absolute Gasteiger partial charge is 0.0273 e. The predicted molar refractivity (Wildman–Crippen MR) is 40.5 cm³/mol. The Bertz CT molecular complexity index is 127. The highest BCUT2D eigenvalue weighted by molar-refractivity contribution is 5.09. The van der Waals surface area contributed by atoms with Crippen molar-refractivity contribution < 1.29 is 0 Å². The maximum absolute atomic E-state index is 2.38. The molecule has 0 aliphatic carbocycles. The Morgan fingerprint density at radius 3 is 2.78 bits per heavy atom. The van der Waals surface area contributed by atoms with Crippen LogP contribution in [0.2, 0.25) is 0 Å². The fourth-order valence-corrected chi connectivity index (χ4v) is 1.21. The van der Waals surface area contributed by atoms with Gasteiger partial charge in [0, 0.05) is 12.6 Å². The van der Waals surface area contributed by atoms with Gasteiger partial charge in [-0.3, -0.25) is 4.90 Å². The lowest BCUT2D eigenvalue weighted by atomic mass is 10.0. The maximum atomic E-state index is 2.38. The number of likely N-dealkylation sites (N-methyl/N-ethyl adjacent to an activating group) is 1. The molecular formula is C8H15N. The van der Waals surface area contributed by atoms with Crippen molar-refractivity contribution in [1.82, 2.24) is 4.90 Å². The lowest BCUT2D eigenvalue weighted by Gasteiger charge is -2.28. The maximum Gasteiger partial charge on any atom is 0.0273 e. The molecule has 0 bridgehead atoms. The van der Waals surface area contributed by atoms with Crippen molar-refractivity contribution in [2.75, 3.05) is 13.6 Å². The molecule has 1 aliphatic rings. The quantitative estimate of drug-likeness (QED) is 0.445. The minimum absolute atomic E-state index is 0.666. The van der Waals surface area contributed by atoms with Crippen molar-refractivity contribution in [2.45, 2.75) is 26.3 Å². The largest absolute Gasteiger partial charge is 0.300 e. The molecule has 0 radical (unpaired) electrons. The van der Waals surface area contributed by atoms with Gasteiger partial charge in [0.25, 0.3) is 0 Å². The highest BCUT2D eigenvalue weighted by Gasteiger charge is 2.13. The van der Waals surface area contributed by atoms with Gasteiger partial charge in [0.2, 0.25) is 0 Å². The van der Waals surface area contributed by atoms with Crippen molar-refractivity contribution in [3.05, 3.63) is 11.6 Å². The molecule has 0 saturated heterocycles. The van der Waals surface area contributed by atoms with Gasteiger partial charge in [0.1, 0.15) is 0 Å². The van der Waals surface area contributed by atoms with E-state index in [9.17, 15) is 0 Å². The van der Waals surface area contributed by atoms with E-state index in [1.54, 1.807) is 0 Å². The van der Waals surface area contributed by atoms with Crippen molar-refractivity contribution >= 4 is 0 Å². The van der Waals surface area contributed by atoms with E-state index < -0.39 is 0 Å². The van der Waals surface area contributed by atoms with Gasteiger partial charge >= 0.3 is 0 Å². The van der Waals surface area contributed by atoms with Crippen LogP contribution >= 0.6 is 0 Å². The average Bonchev–Trinajstić information content (AvgIpc) is 1.83. The first kappa shape index (κ1) is 6.81. The molecule has 1 heteroatoms. The van der Waals surface area contributed by atoms with E-state index in [4.69, 9.17) is 0 Å². The zero-order chi connectivity index (χ0) is 6.85. The molecule has 0 N–H and O–H groups in total. The van der Waals surface area contributed by atoms with E-state index in [0.29, 0.717) is 6.04 Å². The summed E-state index contributed by atoms with van der Waals surface area (Å²) in [5, 5.41) is 0. The summed E-state index contributed by atoms with van der Waals surface area (Å²) in [6, 6.07) is 0.666. The second-order valence-electron chi connectivity index (χ2n) is 2.89. The van der Waals surface area contributed by atoms with E-state index in [-0.39, 0.29) is 0 Å². The van der Waals surface area contributed by atoms with E-state index >= 15 is 0 Å². The molecule has 1 rings (SSSR count). The summed E-state index contributed by atoms with van der Waals surface area (Å²) in [5.41, 5.74) is 1.52. The fourth-order valence-electron chi connectivity index (χ4n) is 1.21. The van der Waals surface area contributed by atoms with Gasteiger partial charge in [-0.05, 0) is 27.3 Å². The monoisotopic (exact) mass is 125 g/mol. The van der Waals surface area contributed by atoms with Crippen molar-refractivity contribution in [3.63, 3.8) is 0 Å². The molecule has 0 unspecified atom stereocenters. The molecule has 1 aliphatic heterocycles. The molecule has 1 heterocycles. The van der Waals surface area contributed by atoms with Crippen LogP contribution < -0.4 is 0 Å². The second kappa shape index (κ2) is 2.53. The van der Waals surface area contributed by atoms with Gasteiger partial charge in [0.15, 0.2) is 0 Å². The third-order valence-electron chi connectivity index (χ3n) is 2.27. The Morgan fingerprint density at radius 2 is 2.33 bits per heavy atom. The van der Waals surface area contributed by atoms with Crippen LogP contribution in [0.5, 0.6) is 0 Å². The molecule has 52 valence electrons. The van der Waals surface area contributed by atoms with Gasteiger partial charge in [-0.2, -0.15) is 0 Å². The van der Waals surface area contributed by atoms with E-state index in [1.807, 2.05) is 0 Å². The topological polar surface area (TPSA) is 3.24 Å². The zero-order valence-corrected chi connectivity index (χ0v) is 6.52. The Labute approximate surface area is 57.4 Å². The van der Waals surface area contributed by atoms with Crippen LogP contribution in [-0.2, 0) is 0 Å². The standard InChI is InChI=1S/C8H15N/c1-7-5-4-6-9(3)8(7)2/h5,8H,4,6H2,1-3H3/t8-/m0/s1. The van der Waals surface area contributed by atoms with Gasteiger partial charge in [-0.1, -0.05) is 11.6 Å². The van der Waals surface area contributed by atoms with Gasteiger partial charge < -0.3 is 0 Å². The zero-order valence-electron chi connectivity index (χ0n) is 6.52.